The molecule has 118 heavy (non-hydrogen) atoms. The average molecular weight is 1670 g/mol. The van der Waals surface area contributed by atoms with Gasteiger partial charge in [0.05, 0.1) is 18.7 Å². The van der Waals surface area contributed by atoms with Crippen molar-refractivity contribution in [2.75, 3.05) is 37.7 Å². The second kappa shape index (κ2) is 51.1. The minimum atomic E-state index is -2.02. The van der Waals surface area contributed by atoms with E-state index in [2.05, 4.69) is 85.1 Å². The lowest BCUT2D eigenvalue weighted by Crippen LogP contribution is -2.62. The lowest BCUT2D eigenvalue weighted by atomic mass is 9.95. The maximum Gasteiger partial charge on any atom is 0.305 e. The lowest BCUT2D eigenvalue weighted by Gasteiger charge is -2.31. The molecule has 4 rings (SSSR count). The number of aliphatic carboxylic acids is 1. The Balaban J connectivity index is 1.97. The molecule has 648 valence electrons. The molecule has 1 aliphatic heterocycles. The van der Waals surface area contributed by atoms with Gasteiger partial charge in [0.25, 0.3) is 0 Å². The van der Waals surface area contributed by atoms with E-state index >= 15 is 0 Å². The standard InChI is InChI=1S/C78H119N23O16S/c1-9-45(8)63-75(117)93-50(29-20-32-87-77(82)83)65(107)96-56(38-60(104)105)71(113)92-51(30-21-33-88-78(84)85)67(109)99-61(43(4)5)73(115)97-54(36-47-24-15-11-16-25-47)70(112)91-49(28-19-31-86-76(80)81)66(108)98-57(64(106)89-39-58(79)102)40-118-41-59(103)90-53(35-46-22-13-10-14-23-46)69(111)94-52(34-42(2)3)68(110)95-55(37-48-26-17-12-18-27-48)72(114)100-62(44(6)7)74(116)101-63/h10-18,22-27,42-45,49-57,61-63H,9,19-21,28-41H2,1-8H3,(H2,79,102)(H,89,106)(H,90,103)(H,91,112)(H,92,113)(H,93,117)(H,94,111)(H,95,110)(H,96,107)(H,97,115)(H,98,108)(H,99,109)(H,100,114)(H,101,116)(H,104,105)(H4,80,81,86)(H4,82,83,87)(H4,84,85,88). The summed E-state index contributed by atoms with van der Waals surface area (Å²) in [5.41, 5.74) is 23.7. The van der Waals surface area contributed by atoms with E-state index in [4.69, 9.17) is 39.2 Å². The maximum absolute atomic E-state index is 15.0. The van der Waals surface area contributed by atoms with Crippen molar-refractivity contribution in [3.63, 3.8) is 0 Å². The summed E-state index contributed by atoms with van der Waals surface area (Å²) in [7, 11) is 0. The number of nitrogens with two attached hydrogens (primary N) is 4. The highest BCUT2D eigenvalue weighted by Crippen LogP contribution is 2.18. The Bertz CT molecular complexity index is 3920. The van der Waals surface area contributed by atoms with Gasteiger partial charge in [-0.3, -0.25) is 88.1 Å². The largest absolute Gasteiger partial charge is 0.481 e. The zero-order valence-electron chi connectivity index (χ0n) is 67.9. The molecule has 1 heterocycles. The van der Waals surface area contributed by atoms with Crippen molar-refractivity contribution in [3.05, 3.63) is 108 Å². The number of carboxylic acids is 1. The molecule has 0 radical (unpaired) electrons. The Morgan fingerprint density at radius 2 is 0.746 bits per heavy atom. The summed E-state index contributed by atoms with van der Waals surface area (Å²) in [5, 5.41) is 75.4. The first-order valence-corrected chi connectivity index (χ1v) is 40.4. The van der Waals surface area contributed by atoms with Gasteiger partial charge in [0.15, 0.2) is 17.9 Å². The molecule has 3 aromatic carbocycles. The number of carbonyl (C=O) groups excluding carboxylic acids is 14. The third kappa shape index (κ3) is 36.4. The normalized spacial score (nSPS) is 22.9. The van der Waals surface area contributed by atoms with Gasteiger partial charge in [0.1, 0.15) is 72.5 Å². The SMILES string of the molecule is CCC(C)C1NC(=O)C(C(C)C)NC(=O)C(Cc2ccccc2)NC(=O)C(CC(C)C)NC(=O)C(Cc2ccccc2)NC(=O)CSCC(C(=O)NCC(N)=O)NC(=O)C(CCCNC(=N)N)NC(=O)C(Cc2ccccc2)NC(=O)C(C(C)C)NC(=O)C(CCCNC(=N)N)NC(=O)C(CC(=O)O)NC(=O)C(CCCNC(=N)N)NC1=O. The molecule has 0 bridgehead atoms. The molecule has 0 spiro atoms. The van der Waals surface area contributed by atoms with Crippen LogP contribution >= 0.6 is 11.8 Å². The van der Waals surface area contributed by atoms with E-state index in [0.717, 1.165) is 11.8 Å². The third-order valence-electron chi connectivity index (χ3n) is 18.8. The summed E-state index contributed by atoms with van der Waals surface area (Å²) in [6, 6.07) is 6.60. The van der Waals surface area contributed by atoms with E-state index in [1.807, 2.05) is 0 Å². The molecular formula is C78H119N23O16S. The van der Waals surface area contributed by atoms with Crippen LogP contribution in [-0.4, -0.2) is 222 Å². The van der Waals surface area contributed by atoms with Crippen LogP contribution in [0.5, 0.6) is 0 Å². The van der Waals surface area contributed by atoms with Gasteiger partial charge in [-0.15, -0.1) is 11.8 Å². The second-order valence-corrected chi connectivity index (χ2v) is 30.9. The van der Waals surface area contributed by atoms with E-state index in [-0.39, 0.29) is 96.2 Å². The summed E-state index contributed by atoms with van der Waals surface area (Å²) in [4.78, 5) is 216. The van der Waals surface area contributed by atoms with Crippen LogP contribution < -0.4 is 108 Å². The molecular weight excluding hydrogens is 1550 g/mol. The first-order chi connectivity index (χ1) is 55.8. The number of benzene rings is 3. The summed E-state index contributed by atoms with van der Waals surface area (Å²) in [6.45, 7) is 12.4. The fraction of sp³-hybridized carbons (Fsp3) is 0.538. The Morgan fingerprint density at radius 1 is 0.424 bits per heavy atom. The Kier molecular flexibility index (Phi) is 42.5. The summed E-state index contributed by atoms with van der Waals surface area (Å²) < 4.78 is 0. The number of primary amides is 1. The fourth-order valence-corrected chi connectivity index (χ4v) is 13.2. The van der Waals surface area contributed by atoms with E-state index in [0.29, 0.717) is 16.7 Å². The van der Waals surface area contributed by atoms with Crippen LogP contribution in [0.3, 0.4) is 0 Å². The fourth-order valence-electron chi connectivity index (χ4n) is 12.3. The molecule has 40 heteroatoms. The van der Waals surface area contributed by atoms with Crippen molar-refractivity contribution >= 4 is 118 Å². The minimum absolute atomic E-state index is 0.00579. The van der Waals surface area contributed by atoms with Gasteiger partial charge in [0.2, 0.25) is 82.7 Å². The van der Waals surface area contributed by atoms with E-state index in [9.17, 15) is 77.0 Å². The zero-order valence-corrected chi connectivity index (χ0v) is 68.7. The van der Waals surface area contributed by atoms with Crippen molar-refractivity contribution < 1.29 is 77.0 Å². The summed E-state index contributed by atoms with van der Waals surface area (Å²) in [6.07, 6.45) is -2.24. The van der Waals surface area contributed by atoms with Gasteiger partial charge < -0.3 is 113 Å². The quantitative estimate of drug-likeness (QED) is 0.0183. The number of hydrogen-bond donors (Lipinski definition) is 24. The van der Waals surface area contributed by atoms with Crippen molar-refractivity contribution in [2.45, 2.75) is 205 Å². The van der Waals surface area contributed by atoms with Gasteiger partial charge in [-0.2, -0.15) is 0 Å². The minimum Gasteiger partial charge on any atom is -0.481 e. The number of hydrogen-bond acceptors (Lipinski definition) is 19. The zero-order chi connectivity index (χ0) is 87.7. The molecule has 1 fully saturated rings. The predicted molar refractivity (Wildman–Crippen MR) is 441 cm³/mol. The van der Waals surface area contributed by atoms with Crippen LogP contribution in [0.15, 0.2) is 91.0 Å². The van der Waals surface area contributed by atoms with Crippen molar-refractivity contribution in [2.24, 2.45) is 46.6 Å². The van der Waals surface area contributed by atoms with Crippen molar-refractivity contribution in [3.8, 4) is 0 Å². The highest BCUT2D eigenvalue weighted by Gasteiger charge is 2.40. The molecule has 3 aromatic rings. The Labute approximate surface area is 690 Å². The predicted octanol–water partition coefficient (Wildman–Crippen LogP) is -3.45. The molecule has 0 aromatic heterocycles. The van der Waals surface area contributed by atoms with Crippen LogP contribution in [0.2, 0.25) is 0 Å². The summed E-state index contributed by atoms with van der Waals surface area (Å²) in [5.74, 6) is -19.9. The monoisotopic (exact) mass is 1670 g/mol. The van der Waals surface area contributed by atoms with Gasteiger partial charge in [-0.25, -0.2) is 0 Å². The van der Waals surface area contributed by atoms with E-state index in [1.165, 1.54) is 0 Å². The molecule has 1 saturated heterocycles. The second-order valence-electron chi connectivity index (χ2n) is 29.9. The molecule has 14 amide bonds. The van der Waals surface area contributed by atoms with Crippen molar-refractivity contribution in [1.29, 1.82) is 16.2 Å². The number of rotatable bonds is 29. The summed E-state index contributed by atoms with van der Waals surface area (Å²) >= 11 is 0.804. The van der Waals surface area contributed by atoms with Crippen LogP contribution in [0.25, 0.3) is 0 Å². The van der Waals surface area contributed by atoms with E-state index < -0.39 is 221 Å². The van der Waals surface area contributed by atoms with E-state index in [1.54, 1.807) is 146 Å². The van der Waals surface area contributed by atoms with Crippen LogP contribution in [0, 0.1) is 39.9 Å². The first kappa shape index (κ1) is 98.2. The number of guanidine groups is 3. The van der Waals surface area contributed by atoms with Gasteiger partial charge >= 0.3 is 5.97 Å². The molecule has 1 aliphatic rings. The average Bonchev–Trinajstić information content (AvgIpc) is 0.846. The number of amides is 14. The third-order valence-corrected chi connectivity index (χ3v) is 19.9. The molecule has 13 atom stereocenters. The number of carbonyl (C=O) groups is 15. The Hall–Kier alpha value is -12.1. The number of carboxylic acid groups (broad SMARTS) is 1. The maximum atomic E-state index is 15.0. The van der Waals surface area contributed by atoms with Gasteiger partial charge in [0, 0.05) is 44.6 Å². The smallest absolute Gasteiger partial charge is 0.305 e. The highest BCUT2D eigenvalue weighted by molar-refractivity contribution is 8.00. The van der Waals surface area contributed by atoms with Crippen LogP contribution in [-0.2, 0) is 91.2 Å². The molecule has 39 nitrogen and oxygen atoms in total. The van der Waals surface area contributed by atoms with Crippen molar-refractivity contribution in [1.82, 2.24) is 85.1 Å². The van der Waals surface area contributed by atoms with Gasteiger partial charge in [-0.1, -0.05) is 153 Å². The highest BCUT2D eigenvalue weighted by atomic mass is 32.2. The molecule has 0 aliphatic carbocycles. The molecule has 28 N–H and O–H groups in total. The topological polar surface area (TPSA) is 644 Å². The van der Waals surface area contributed by atoms with Gasteiger partial charge in [-0.05, 0) is 85.3 Å². The Morgan fingerprint density at radius 3 is 1.14 bits per heavy atom. The first-order valence-electron chi connectivity index (χ1n) is 39.2. The van der Waals surface area contributed by atoms with Crippen LogP contribution in [0.1, 0.15) is 130 Å². The molecule has 0 saturated carbocycles. The number of nitrogens with one attached hydrogen (secondary N) is 19. The number of thioether (sulfide) groups is 1. The molecule has 13 unspecified atom stereocenters. The van der Waals surface area contributed by atoms with Crippen LogP contribution in [0.4, 0.5) is 0 Å². The lowest BCUT2D eigenvalue weighted by molar-refractivity contribution is -0.142.